The van der Waals surface area contributed by atoms with Crippen molar-refractivity contribution in [1.82, 2.24) is 9.78 Å². The van der Waals surface area contributed by atoms with Crippen LogP contribution in [0.15, 0.2) is 12.4 Å². The summed E-state index contributed by atoms with van der Waals surface area (Å²) < 4.78 is 7.27. The van der Waals surface area contributed by atoms with E-state index in [9.17, 15) is 0 Å². The second kappa shape index (κ2) is 6.03. The maximum Gasteiger partial charge on any atom is 0.157 e. The highest BCUT2D eigenvalue weighted by molar-refractivity contribution is 5.11. The van der Waals surface area contributed by atoms with Gasteiger partial charge in [0, 0.05) is 13.0 Å². The van der Waals surface area contributed by atoms with Crippen molar-refractivity contribution in [3.05, 3.63) is 12.4 Å². The minimum absolute atomic E-state index is 0.609. The highest BCUT2D eigenvalue weighted by atomic mass is 16.5. The first kappa shape index (κ1) is 10.6. The molecule has 0 aliphatic heterocycles. The van der Waals surface area contributed by atoms with E-state index in [1.54, 1.807) is 6.20 Å². The predicted molar refractivity (Wildman–Crippen MR) is 52.9 cm³/mol. The van der Waals surface area contributed by atoms with Crippen molar-refractivity contribution in [2.24, 2.45) is 0 Å². The lowest BCUT2D eigenvalue weighted by atomic mass is 10.3. The number of rotatable bonds is 6. The van der Waals surface area contributed by atoms with Crippen molar-refractivity contribution in [2.75, 3.05) is 6.61 Å². The molecule has 0 fully saturated rings. The molecule has 0 saturated carbocycles. The van der Waals surface area contributed by atoms with Crippen LogP contribution in [0.25, 0.3) is 0 Å². The van der Waals surface area contributed by atoms with Crippen molar-refractivity contribution < 1.29 is 4.74 Å². The van der Waals surface area contributed by atoms with Crippen LogP contribution in [0.2, 0.25) is 0 Å². The third-order valence-corrected chi connectivity index (χ3v) is 1.89. The largest absolute Gasteiger partial charge is 0.490 e. The Bertz CT molecular complexity index is 301. The molecule has 4 nitrogen and oxygen atoms in total. The van der Waals surface area contributed by atoms with Crippen LogP contribution in [0.3, 0.4) is 0 Å². The van der Waals surface area contributed by atoms with Gasteiger partial charge in [0.25, 0.3) is 0 Å². The summed E-state index contributed by atoms with van der Waals surface area (Å²) in [6.45, 7) is 3.55. The molecule has 0 radical (unpaired) electrons. The Morgan fingerprint density at radius 2 is 2.43 bits per heavy atom. The second-order valence-electron chi connectivity index (χ2n) is 3.00. The summed E-state index contributed by atoms with van der Waals surface area (Å²) in [4.78, 5) is 0. The van der Waals surface area contributed by atoms with Crippen LogP contribution in [0, 0.1) is 11.3 Å². The summed E-state index contributed by atoms with van der Waals surface area (Å²) in [6.07, 6.45) is 6.03. The first-order chi connectivity index (χ1) is 6.86. The summed E-state index contributed by atoms with van der Waals surface area (Å²) in [7, 11) is 0. The summed E-state index contributed by atoms with van der Waals surface area (Å²) in [6, 6.07) is 2.11. The van der Waals surface area contributed by atoms with Crippen LogP contribution in [0.1, 0.15) is 26.2 Å². The molecule has 4 heteroatoms. The topological polar surface area (TPSA) is 50.8 Å². The molecule has 0 aliphatic carbocycles. The molecule has 0 amide bonds. The van der Waals surface area contributed by atoms with E-state index < -0.39 is 0 Å². The highest BCUT2D eigenvalue weighted by Gasteiger charge is 1.97. The third kappa shape index (κ3) is 3.48. The van der Waals surface area contributed by atoms with Gasteiger partial charge in [-0.05, 0) is 19.8 Å². The average Bonchev–Trinajstić information content (AvgIpc) is 2.65. The zero-order chi connectivity index (χ0) is 10.2. The van der Waals surface area contributed by atoms with Crippen LogP contribution < -0.4 is 4.74 Å². The summed E-state index contributed by atoms with van der Waals surface area (Å²) >= 11 is 0. The number of hydrogen-bond donors (Lipinski definition) is 0. The van der Waals surface area contributed by atoms with Gasteiger partial charge in [0.2, 0.25) is 0 Å². The van der Waals surface area contributed by atoms with E-state index in [0.717, 1.165) is 25.1 Å². The van der Waals surface area contributed by atoms with Crippen molar-refractivity contribution in [3.63, 3.8) is 0 Å². The summed E-state index contributed by atoms with van der Waals surface area (Å²) in [5, 5.41) is 12.4. The van der Waals surface area contributed by atoms with Crippen LogP contribution in [-0.2, 0) is 6.54 Å². The molecular weight excluding hydrogens is 178 g/mol. The van der Waals surface area contributed by atoms with Gasteiger partial charge < -0.3 is 4.74 Å². The highest BCUT2D eigenvalue weighted by Crippen LogP contribution is 2.08. The lowest BCUT2D eigenvalue weighted by Gasteiger charge is -2.00. The number of aryl methyl sites for hydroxylation is 1. The van der Waals surface area contributed by atoms with E-state index in [1.165, 1.54) is 0 Å². The number of nitrogens with zero attached hydrogens (tertiary/aromatic N) is 3. The molecule has 1 aromatic heterocycles. The van der Waals surface area contributed by atoms with Gasteiger partial charge in [-0.3, -0.25) is 4.68 Å². The molecule has 0 aliphatic rings. The Morgan fingerprint density at radius 3 is 3.07 bits per heavy atom. The van der Waals surface area contributed by atoms with Gasteiger partial charge in [0.05, 0.1) is 25.1 Å². The van der Waals surface area contributed by atoms with Crippen molar-refractivity contribution in [2.45, 2.75) is 32.7 Å². The molecule has 1 heterocycles. The van der Waals surface area contributed by atoms with Gasteiger partial charge in [0.1, 0.15) is 0 Å². The van der Waals surface area contributed by atoms with Gasteiger partial charge in [0.15, 0.2) is 5.75 Å². The van der Waals surface area contributed by atoms with Gasteiger partial charge >= 0.3 is 0 Å². The first-order valence-electron chi connectivity index (χ1n) is 4.89. The maximum absolute atomic E-state index is 8.31. The number of hydrogen-bond acceptors (Lipinski definition) is 3. The molecule has 14 heavy (non-hydrogen) atoms. The van der Waals surface area contributed by atoms with Gasteiger partial charge in [-0.2, -0.15) is 10.4 Å². The zero-order valence-corrected chi connectivity index (χ0v) is 8.44. The van der Waals surface area contributed by atoms with E-state index in [0.29, 0.717) is 13.0 Å². The van der Waals surface area contributed by atoms with Crippen LogP contribution >= 0.6 is 0 Å². The lowest BCUT2D eigenvalue weighted by molar-refractivity contribution is 0.307. The molecule has 0 atom stereocenters. The molecule has 0 N–H and O–H groups in total. The fourth-order valence-corrected chi connectivity index (χ4v) is 1.09. The van der Waals surface area contributed by atoms with E-state index in [2.05, 4.69) is 11.2 Å². The molecule has 0 aromatic carbocycles. The molecule has 76 valence electrons. The van der Waals surface area contributed by atoms with E-state index in [4.69, 9.17) is 10.00 Å². The number of unbranched alkanes of at least 4 members (excludes halogenated alkanes) is 2. The van der Waals surface area contributed by atoms with Crippen LogP contribution in [0.5, 0.6) is 5.75 Å². The molecule has 0 spiro atoms. The van der Waals surface area contributed by atoms with Crippen LogP contribution in [-0.4, -0.2) is 16.4 Å². The van der Waals surface area contributed by atoms with Crippen molar-refractivity contribution in [1.29, 1.82) is 5.26 Å². The third-order valence-electron chi connectivity index (χ3n) is 1.89. The molecule has 0 bridgehead atoms. The minimum atomic E-state index is 0.609. The quantitative estimate of drug-likeness (QED) is 0.649. The summed E-state index contributed by atoms with van der Waals surface area (Å²) in [5.41, 5.74) is 0. The van der Waals surface area contributed by atoms with Crippen molar-refractivity contribution in [3.8, 4) is 11.8 Å². The van der Waals surface area contributed by atoms with E-state index in [-0.39, 0.29) is 0 Å². The zero-order valence-electron chi connectivity index (χ0n) is 8.44. The summed E-state index contributed by atoms with van der Waals surface area (Å²) in [5.74, 6) is 0.809. The lowest BCUT2D eigenvalue weighted by Crippen LogP contribution is -1.96. The van der Waals surface area contributed by atoms with Gasteiger partial charge in [-0.25, -0.2) is 0 Å². The average molecular weight is 193 g/mol. The Kier molecular flexibility index (Phi) is 4.56. The maximum atomic E-state index is 8.31. The fourth-order valence-electron chi connectivity index (χ4n) is 1.09. The smallest absolute Gasteiger partial charge is 0.157 e. The van der Waals surface area contributed by atoms with E-state index >= 15 is 0 Å². The second-order valence-corrected chi connectivity index (χ2v) is 3.00. The number of nitriles is 1. The normalized spacial score (nSPS) is 9.71. The monoisotopic (exact) mass is 193 g/mol. The van der Waals surface area contributed by atoms with Crippen molar-refractivity contribution >= 4 is 0 Å². The Labute approximate surface area is 84.1 Å². The first-order valence-corrected chi connectivity index (χ1v) is 4.89. The Balaban J connectivity index is 2.15. The standard InChI is InChI=1S/C10H15N3O/c1-2-13-9-10(8-12-13)14-7-5-3-4-6-11/h8-9H,2-5,7H2,1H3. The molecule has 1 rings (SSSR count). The van der Waals surface area contributed by atoms with Crippen LogP contribution in [0.4, 0.5) is 0 Å². The van der Waals surface area contributed by atoms with E-state index in [1.807, 2.05) is 17.8 Å². The van der Waals surface area contributed by atoms with Gasteiger partial charge in [-0.1, -0.05) is 0 Å². The molecule has 0 unspecified atom stereocenters. The number of ether oxygens (including phenoxy) is 1. The predicted octanol–water partition coefficient (Wildman–Crippen LogP) is 1.98. The molecular formula is C10H15N3O. The molecule has 1 aromatic rings. The molecule has 0 saturated heterocycles. The SMILES string of the molecule is CCn1cc(OCCCCC#N)cn1. The fraction of sp³-hybridized carbons (Fsp3) is 0.600. The number of aromatic nitrogens is 2. The van der Waals surface area contributed by atoms with Gasteiger partial charge in [-0.15, -0.1) is 0 Å². The minimum Gasteiger partial charge on any atom is -0.490 e. The Hall–Kier alpha value is -1.50. The Morgan fingerprint density at radius 1 is 1.57 bits per heavy atom.